The highest BCUT2D eigenvalue weighted by Crippen LogP contribution is 2.46. The van der Waals surface area contributed by atoms with E-state index in [4.69, 9.17) is 14.5 Å². The van der Waals surface area contributed by atoms with Gasteiger partial charge < -0.3 is 24.2 Å². The Morgan fingerprint density at radius 1 is 1.13 bits per heavy atom. The third-order valence-electron chi connectivity index (χ3n) is 8.08. The zero-order chi connectivity index (χ0) is 25.8. The molecule has 3 aromatic rings. The van der Waals surface area contributed by atoms with Crippen LogP contribution in [0.5, 0.6) is 5.75 Å². The van der Waals surface area contributed by atoms with Gasteiger partial charge in [-0.3, -0.25) is 0 Å². The summed E-state index contributed by atoms with van der Waals surface area (Å²) in [5.41, 5.74) is 4.74. The molecule has 0 unspecified atom stereocenters. The minimum absolute atomic E-state index is 0. The second-order valence-corrected chi connectivity index (χ2v) is 11.3. The van der Waals surface area contributed by atoms with E-state index in [0.717, 1.165) is 66.0 Å². The fraction of sp³-hybridized carbons (Fsp3) is 0.533. The molecule has 1 saturated carbocycles. The normalized spacial score (nSPS) is 16.9. The maximum atomic E-state index is 9.64. The summed E-state index contributed by atoms with van der Waals surface area (Å²) in [6, 6.07) is 13.8. The zero-order valence-electron chi connectivity index (χ0n) is 22.9. The fourth-order valence-corrected chi connectivity index (χ4v) is 5.50. The molecule has 2 heterocycles. The Hall–Kier alpha value is -2.34. The predicted molar refractivity (Wildman–Crippen MR) is 158 cm³/mol. The second kappa shape index (κ2) is 13.8. The minimum atomic E-state index is 0. The number of aryl methyl sites for hydroxylation is 1. The first kappa shape index (κ1) is 31.2. The van der Waals surface area contributed by atoms with Gasteiger partial charge in [0.15, 0.2) is 5.58 Å². The van der Waals surface area contributed by atoms with E-state index in [-0.39, 0.29) is 30.2 Å². The lowest BCUT2D eigenvalue weighted by Gasteiger charge is -2.34. The number of ether oxygens (including phenoxy) is 1. The smallest absolute Gasteiger partial charge is 0.175 e. The van der Waals surface area contributed by atoms with E-state index in [1.165, 1.54) is 25.7 Å². The molecule has 0 atom stereocenters. The van der Waals surface area contributed by atoms with Crippen LogP contribution < -0.4 is 4.74 Å². The molecular formula is C30H40Cl2N4O3. The van der Waals surface area contributed by atoms with Crippen molar-refractivity contribution in [1.82, 2.24) is 15.0 Å². The number of hydrogen-bond donors (Lipinski definition) is 1. The van der Waals surface area contributed by atoms with E-state index < -0.39 is 0 Å². The summed E-state index contributed by atoms with van der Waals surface area (Å²) in [7, 11) is 4.08. The quantitative estimate of drug-likeness (QED) is 0.319. The van der Waals surface area contributed by atoms with Crippen molar-refractivity contribution >= 4 is 35.8 Å². The first-order valence-corrected chi connectivity index (χ1v) is 13.5. The summed E-state index contributed by atoms with van der Waals surface area (Å²) in [5.74, 6) is 1.51. The lowest BCUT2D eigenvalue weighted by atomic mass is 9.90. The van der Waals surface area contributed by atoms with Gasteiger partial charge in [0, 0.05) is 30.5 Å². The molecule has 2 fully saturated rings. The number of rotatable bonds is 11. The molecular weight excluding hydrogens is 535 g/mol. The van der Waals surface area contributed by atoms with Gasteiger partial charge in [-0.1, -0.05) is 17.3 Å². The number of aliphatic hydroxyl groups is 1. The van der Waals surface area contributed by atoms with Crippen LogP contribution in [0, 0.1) is 22.7 Å². The number of hydrogen-bond acceptors (Lipinski definition) is 7. The summed E-state index contributed by atoms with van der Waals surface area (Å²) in [4.78, 5) is 4.67. The number of piperidine rings is 1. The monoisotopic (exact) mass is 574 g/mol. The molecule has 212 valence electrons. The highest BCUT2D eigenvalue weighted by Gasteiger charge is 2.43. The van der Waals surface area contributed by atoms with E-state index >= 15 is 0 Å². The Labute approximate surface area is 243 Å². The van der Waals surface area contributed by atoms with Crippen molar-refractivity contribution in [2.45, 2.75) is 51.7 Å². The average molecular weight is 576 g/mol. The third-order valence-corrected chi connectivity index (χ3v) is 8.08. The number of nitrogens with zero attached hydrogens (tertiary/aromatic N) is 4. The number of likely N-dealkylation sites (tertiary alicyclic amines) is 1. The molecule has 39 heavy (non-hydrogen) atoms. The van der Waals surface area contributed by atoms with Crippen LogP contribution in [0.2, 0.25) is 0 Å². The Morgan fingerprint density at radius 2 is 1.85 bits per heavy atom. The van der Waals surface area contributed by atoms with Crippen LogP contribution in [0.15, 0.2) is 40.9 Å². The van der Waals surface area contributed by atoms with E-state index in [9.17, 15) is 5.11 Å². The zero-order valence-corrected chi connectivity index (χ0v) is 24.5. The second-order valence-electron chi connectivity index (χ2n) is 11.3. The molecule has 2 aromatic carbocycles. The van der Waals surface area contributed by atoms with Gasteiger partial charge in [-0.25, -0.2) is 0 Å². The average Bonchev–Trinajstić information content (AvgIpc) is 3.57. The maximum absolute atomic E-state index is 9.64. The first-order chi connectivity index (χ1) is 18.0. The van der Waals surface area contributed by atoms with Crippen molar-refractivity contribution in [1.29, 1.82) is 5.26 Å². The summed E-state index contributed by atoms with van der Waals surface area (Å²) in [6.45, 7) is 4.80. The van der Waals surface area contributed by atoms with E-state index in [2.05, 4.69) is 27.1 Å². The lowest BCUT2D eigenvalue weighted by Crippen LogP contribution is -2.38. The largest absolute Gasteiger partial charge is 0.488 e. The van der Waals surface area contributed by atoms with E-state index in [1.807, 2.05) is 44.4 Å². The highest BCUT2D eigenvalue weighted by atomic mass is 35.5. The first-order valence-electron chi connectivity index (χ1n) is 13.5. The molecule has 1 aromatic heterocycles. The fourth-order valence-electron chi connectivity index (χ4n) is 5.50. The molecule has 1 aliphatic carbocycles. The van der Waals surface area contributed by atoms with Crippen LogP contribution >= 0.6 is 24.8 Å². The standard InChI is InChI=1S/C30H38N4O3.2ClH/c1-33(2)18-26-28(36-19-24-5-3-23(17-31)4-6-24)10-8-25-27(32-37-29(25)26)9-7-22-11-15-34(16-12-22)20-30(21-35)13-14-30;;/h3-6,8,10,22,35H,7,9,11-16,18-21H2,1-2H3;2*1H. The number of benzene rings is 2. The number of fused-ring (bicyclic) bond motifs is 1. The number of nitriles is 1. The third kappa shape index (κ3) is 7.65. The van der Waals surface area contributed by atoms with Gasteiger partial charge in [0.1, 0.15) is 12.4 Å². The van der Waals surface area contributed by atoms with Gasteiger partial charge in [0.05, 0.1) is 22.9 Å². The van der Waals surface area contributed by atoms with Crippen LogP contribution in [0.3, 0.4) is 0 Å². The lowest BCUT2D eigenvalue weighted by molar-refractivity contribution is 0.115. The summed E-state index contributed by atoms with van der Waals surface area (Å²) in [5, 5.41) is 24.2. The molecule has 0 radical (unpaired) electrons. The number of aliphatic hydroxyl groups excluding tert-OH is 1. The molecule has 0 bridgehead atoms. The minimum Gasteiger partial charge on any atom is -0.488 e. The molecule has 7 nitrogen and oxygen atoms in total. The van der Waals surface area contributed by atoms with E-state index in [1.54, 1.807) is 0 Å². The van der Waals surface area contributed by atoms with Crippen molar-refractivity contribution < 1.29 is 14.4 Å². The Kier molecular flexibility index (Phi) is 11.1. The summed E-state index contributed by atoms with van der Waals surface area (Å²) >= 11 is 0. The van der Waals surface area contributed by atoms with Crippen LogP contribution in [0.4, 0.5) is 0 Å². The molecule has 0 spiro atoms. The SMILES string of the molecule is CN(C)Cc1c(OCc2ccc(C#N)cc2)ccc2c(CCC3CCN(CC4(CO)CC4)CC3)noc12.Cl.Cl. The van der Waals surface area contributed by atoms with Gasteiger partial charge in [0.2, 0.25) is 0 Å². The number of aromatic nitrogens is 1. The molecule has 0 amide bonds. The van der Waals surface area contributed by atoms with Crippen molar-refractivity contribution in [3.63, 3.8) is 0 Å². The number of halogens is 2. The summed E-state index contributed by atoms with van der Waals surface area (Å²) < 4.78 is 12.1. The Bertz CT molecular complexity index is 1240. The molecule has 1 saturated heterocycles. The van der Waals surface area contributed by atoms with Gasteiger partial charge in [-0.2, -0.15) is 5.26 Å². The molecule has 1 aliphatic heterocycles. The molecule has 1 N–H and O–H groups in total. The van der Waals surface area contributed by atoms with Gasteiger partial charge in [0.25, 0.3) is 0 Å². The molecule has 9 heteroatoms. The van der Waals surface area contributed by atoms with Crippen molar-refractivity contribution in [3.8, 4) is 11.8 Å². The highest BCUT2D eigenvalue weighted by molar-refractivity contribution is 5.86. The summed E-state index contributed by atoms with van der Waals surface area (Å²) in [6.07, 6.45) is 6.85. The predicted octanol–water partition coefficient (Wildman–Crippen LogP) is 5.60. The van der Waals surface area contributed by atoms with Crippen LogP contribution in [0.1, 0.15) is 54.5 Å². The van der Waals surface area contributed by atoms with Gasteiger partial charge >= 0.3 is 0 Å². The van der Waals surface area contributed by atoms with Crippen LogP contribution in [0.25, 0.3) is 11.0 Å². The van der Waals surface area contributed by atoms with Crippen LogP contribution in [-0.4, -0.2) is 60.4 Å². The molecule has 2 aliphatic rings. The van der Waals surface area contributed by atoms with E-state index in [0.29, 0.717) is 31.2 Å². The van der Waals surface area contributed by atoms with Crippen molar-refractivity contribution in [2.24, 2.45) is 11.3 Å². The van der Waals surface area contributed by atoms with Gasteiger partial charge in [-0.05, 0) is 101 Å². The van der Waals surface area contributed by atoms with Gasteiger partial charge in [-0.15, -0.1) is 24.8 Å². The maximum Gasteiger partial charge on any atom is 0.175 e. The van der Waals surface area contributed by atoms with Crippen LogP contribution in [-0.2, 0) is 19.6 Å². The molecule has 5 rings (SSSR count). The van der Waals surface area contributed by atoms with Crippen molar-refractivity contribution in [2.75, 3.05) is 40.3 Å². The Morgan fingerprint density at radius 3 is 2.46 bits per heavy atom. The topological polar surface area (TPSA) is 85.8 Å². The Balaban J connectivity index is 0.00000210. The van der Waals surface area contributed by atoms with Crippen molar-refractivity contribution in [3.05, 3.63) is 58.8 Å².